The van der Waals surface area contributed by atoms with E-state index in [-0.39, 0.29) is 23.9 Å². The summed E-state index contributed by atoms with van der Waals surface area (Å²) in [5, 5.41) is 0. The molecule has 2 atom stereocenters. The quantitative estimate of drug-likeness (QED) is 0.632. The SMILES string of the molecule is O=C(c1cccc(C(=O)N2CCCC2c2ccncc2)n1)N1CCCC1c1ccncc1. The highest BCUT2D eigenvalue weighted by Gasteiger charge is 2.33. The number of carbonyl (C=O) groups excluding carboxylic acids is 2. The summed E-state index contributed by atoms with van der Waals surface area (Å²) in [5.74, 6) is -0.267. The van der Waals surface area contributed by atoms with Crippen molar-refractivity contribution in [3.63, 3.8) is 0 Å². The molecule has 3 aromatic rings. The van der Waals surface area contributed by atoms with Gasteiger partial charge < -0.3 is 9.80 Å². The zero-order valence-electron chi connectivity index (χ0n) is 17.8. The Balaban J connectivity index is 1.37. The van der Waals surface area contributed by atoms with E-state index in [9.17, 15) is 9.59 Å². The van der Waals surface area contributed by atoms with Gasteiger partial charge in [-0.25, -0.2) is 4.98 Å². The van der Waals surface area contributed by atoms with E-state index in [0.29, 0.717) is 24.5 Å². The van der Waals surface area contributed by atoms with Crippen molar-refractivity contribution in [3.8, 4) is 0 Å². The largest absolute Gasteiger partial charge is 0.330 e. The van der Waals surface area contributed by atoms with Gasteiger partial charge >= 0.3 is 0 Å². The lowest BCUT2D eigenvalue weighted by atomic mass is 10.1. The summed E-state index contributed by atoms with van der Waals surface area (Å²) in [4.78, 5) is 43.1. The maximum atomic E-state index is 13.3. The van der Waals surface area contributed by atoms with Crippen LogP contribution in [0.5, 0.6) is 0 Å². The van der Waals surface area contributed by atoms with Crippen LogP contribution in [0.2, 0.25) is 0 Å². The summed E-state index contributed by atoms with van der Waals surface area (Å²) in [6, 6.07) is 13.0. The van der Waals surface area contributed by atoms with Gasteiger partial charge in [0, 0.05) is 37.9 Å². The number of likely N-dealkylation sites (tertiary alicyclic amines) is 2. The van der Waals surface area contributed by atoms with Crippen molar-refractivity contribution in [1.29, 1.82) is 0 Å². The fraction of sp³-hybridized carbons (Fsp3) is 0.320. The molecule has 5 heterocycles. The van der Waals surface area contributed by atoms with Crippen LogP contribution in [0.4, 0.5) is 0 Å². The fourth-order valence-electron chi connectivity index (χ4n) is 4.85. The Kier molecular flexibility index (Phi) is 5.62. The second-order valence-electron chi connectivity index (χ2n) is 8.28. The molecule has 0 spiro atoms. The van der Waals surface area contributed by atoms with Gasteiger partial charge in [0.15, 0.2) is 0 Å². The average Bonchev–Trinajstić information content (AvgIpc) is 3.54. The maximum absolute atomic E-state index is 13.3. The number of hydrogen-bond donors (Lipinski definition) is 0. The van der Waals surface area contributed by atoms with Crippen molar-refractivity contribution < 1.29 is 9.59 Å². The first-order valence-corrected chi connectivity index (χ1v) is 11.1. The minimum Gasteiger partial charge on any atom is -0.330 e. The van der Waals surface area contributed by atoms with Gasteiger partial charge in [0.1, 0.15) is 11.4 Å². The molecule has 32 heavy (non-hydrogen) atoms. The molecule has 2 aliphatic rings. The molecule has 0 saturated carbocycles. The van der Waals surface area contributed by atoms with Gasteiger partial charge in [-0.15, -0.1) is 0 Å². The first kappa shape index (κ1) is 20.3. The van der Waals surface area contributed by atoms with Gasteiger partial charge in [-0.2, -0.15) is 0 Å². The Hall–Kier alpha value is -3.61. The summed E-state index contributed by atoms with van der Waals surface area (Å²) in [6.45, 7) is 1.36. The first-order valence-electron chi connectivity index (χ1n) is 11.1. The number of hydrogen-bond acceptors (Lipinski definition) is 5. The van der Waals surface area contributed by atoms with Crippen LogP contribution in [0.1, 0.15) is 69.9 Å². The molecule has 5 rings (SSSR count). The second-order valence-corrected chi connectivity index (χ2v) is 8.28. The Labute approximate surface area is 187 Å². The molecule has 0 aliphatic carbocycles. The molecule has 162 valence electrons. The van der Waals surface area contributed by atoms with Gasteiger partial charge in [0.25, 0.3) is 11.8 Å². The number of carbonyl (C=O) groups is 2. The molecule has 0 radical (unpaired) electrons. The summed E-state index contributed by atoms with van der Waals surface area (Å²) in [5.41, 5.74) is 2.79. The number of rotatable bonds is 4. The monoisotopic (exact) mass is 427 g/mol. The predicted octanol–water partition coefficient (Wildman–Crippen LogP) is 3.83. The number of aromatic nitrogens is 3. The van der Waals surface area contributed by atoms with Gasteiger partial charge in [-0.1, -0.05) is 6.07 Å². The number of amides is 2. The Morgan fingerprint density at radius 1 is 0.688 bits per heavy atom. The maximum Gasteiger partial charge on any atom is 0.272 e. The molecule has 7 heteroatoms. The van der Waals surface area contributed by atoms with Crippen LogP contribution in [-0.4, -0.2) is 49.7 Å². The van der Waals surface area contributed by atoms with E-state index in [0.717, 1.165) is 36.8 Å². The molecule has 2 amide bonds. The molecular formula is C25H25N5O2. The molecule has 2 saturated heterocycles. The van der Waals surface area contributed by atoms with Crippen LogP contribution >= 0.6 is 0 Å². The van der Waals surface area contributed by atoms with Crippen molar-refractivity contribution >= 4 is 11.8 Å². The number of nitrogens with zero attached hydrogens (tertiary/aromatic N) is 5. The predicted molar refractivity (Wildman–Crippen MR) is 119 cm³/mol. The molecule has 2 unspecified atom stereocenters. The Morgan fingerprint density at radius 2 is 1.12 bits per heavy atom. The van der Waals surface area contributed by atoms with E-state index in [1.165, 1.54) is 0 Å². The van der Waals surface area contributed by atoms with Crippen molar-refractivity contribution in [1.82, 2.24) is 24.8 Å². The van der Waals surface area contributed by atoms with Crippen molar-refractivity contribution in [2.24, 2.45) is 0 Å². The summed E-state index contributed by atoms with van der Waals surface area (Å²) in [7, 11) is 0. The lowest BCUT2D eigenvalue weighted by molar-refractivity contribution is 0.0722. The van der Waals surface area contributed by atoms with Crippen LogP contribution in [0.3, 0.4) is 0 Å². The molecule has 0 aromatic carbocycles. The zero-order chi connectivity index (χ0) is 21.9. The van der Waals surface area contributed by atoms with Crippen molar-refractivity contribution in [2.45, 2.75) is 37.8 Å². The molecule has 0 bridgehead atoms. The molecule has 2 aliphatic heterocycles. The zero-order valence-corrected chi connectivity index (χ0v) is 17.8. The third-order valence-corrected chi connectivity index (χ3v) is 6.40. The minimum atomic E-state index is -0.133. The van der Waals surface area contributed by atoms with Crippen LogP contribution in [0.15, 0.2) is 67.3 Å². The normalized spacial score (nSPS) is 20.5. The lowest BCUT2D eigenvalue weighted by Gasteiger charge is -2.26. The van der Waals surface area contributed by atoms with Crippen molar-refractivity contribution in [2.75, 3.05) is 13.1 Å². The van der Waals surface area contributed by atoms with Crippen LogP contribution in [0.25, 0.3) is 0 Å². The smallest absolute Gasteiger partial charge is 0.272 e. The van der Waals surface area contributed by atoms with Gasteiger partial charge in [0.2, 0.25) is 0 Å². The van der Waals surface area contributed by atoms with E-state index < -0.39 is 0 Å². The van der Waals surface area contributed by atoms with Gasteiger partial charge in [-0.3, -0.25) is 19.6 Å². The average molecular weight is 428 g/mol. The fourth-order valence-corrected chi connectivity index (χ4v) is 4.85. The molecule has 3 aromatic heterocycles. The third-order valence-electron chi connectivity index (χ3n) is 6.40. The summed E-state index contributed by atoms with van der Waals surface area (Å²) in [6.07, 6.45) is 10.7. The van der Waals surface area contributed by atoms with E-state index in [4.69, 9.17) is 0 Å². The van der Waals surface area contributed by atoms with Crippen LogP contribution in [0, 0.1) is 0 Å². The van der Waals surface area contributed by atoms with Crippen LogP contribution < -0.4 is 0 Å². The Morgan fingerprint density at radius 3 is 1.56 bits per heavy atom. The summed E-state index contributed by atoms with van der Waals surface area (Å²) >= 11 is 0. The van der Waals surface area contributed by atoms with E-state index in [1.54, 1.807) is 43.0 Å². The van der Waals surface area contributed by atoms with Gasteiger partial charge in [0.05, 0.1) is 12.1 Å². The highest BCUT2D eigenvalue weighted by atomic mass is 16.2. The summed E-state index contributed by atoms with van der Waals surface area (Å²) < 4.78 is 0. The third kappa shape index (κ3) is 3.86. The van der Waals surface area contributed by atoms with Crippen LogP contribution in [-0.2, 0) is 0 Å². The highest BCUT2D eigenvalue weighted by molar-refractivity contribution is 5.96. The molecule has 7 nitrogen and oxygen atoms in total. The van der Waals surface area contributed by atoms with E-state index >= 15 is 0 Å². The standard InChI is InChI=1S/C25H25N5O2/c31-24(29-16-2-6-22(29)18-8-12-26-13-9-18)20-4-1-5-21(28-20)25(32)30-17-3-7-23(30)19-10-14-27-15-11-19/h1,4-5,8-15,22-23H,2-3,6-7,16-17H2. The van der Waals surface area contributed by atoms with E-state index in [2.05, 4.69) is 15.0 Å². The van der Waals surface area contributed by atoms with Gasteiger partial charge in [-0.05, 0) is 73.2 Å². The second kappa shape index (κ2) is 8.86. The minimum absolute atomic E-state index is 0.0151. The molecule has 2 fully saturated rings. The topological polar surface area (TPSA) is 79.3 Å². The highest BCUT2D eigenvalue weighted by Crippen LogP contribution is 2.34. The number of pyridine rings is 3. The molecular weight excluding hydrogens is 402 g/mol. The first-order chi connectivity index (χ1) is 15.7. The lowest BCUT2D eigenvalue weighted by Crippen LogP contribution is -2.33. The van der Waals surface area contributed by atoms with Crippen molar-refractivity contribution in [3.05, 3.63) is 89.8 Å². The Bertz CT molecular complexity index is 1020. The molecule has 0 N–H and O–H groups in total. The van der Waals surface area contributed by atoms with E-state index in [1.807, 2.05) is 34.1 Å².